The van der Waals surface area contributed by atoms with Crippen LogP contribution in [0, 0.1) is 31.6 Å². The van der Waals surface area contributed by atoms with Crippen molar-refractivity contribution in [1.82, 2.24) is 10.2 Å². The maximum absolute atomic E-state index is 15.1. The number of hydrogen-bond acceptors (Lipinski definition) is 7. The predicted octanol–water partition coefficient (Wildman–Crippen LogP) is 3.55. The number of nitrogens with zero attached hydrogens (tertiary/aromatic N) is 2. The number of esters is 1. The van der Waals surface area contributed by atoms with E-state index in [1.165, 1.54) is 4.90 Å². The monoisotopic (exact) mass is 641 g/mol. The molecule has 7 atom stereocenters. The Kier molecular flexibility index (Phi) is 9.09. The average Bonchev–Trinajstić information content (AvgIpc) is 3.70. The molecule has 47 heavy (non-hydrogen) atoms. The summed E-state index contributed by atoms with van der Waals surface area (Å²) < 4.78 is 12.7. The first-order valence-corrected chi connectivity index (χ1v) is 16.4. The van der Waals surface area contributed by atoms with Crippen molar-refractivity contribution in [2.75, 3.05) is 24.6 Å². The number of rotatable bonds is 5. The van der Waals surface area contributed by atoms with Gasteiger partial charge in [0.15, 0.2) is 0 Å². The van der Waals surface area contributed by atoms with Gasteiger partial charge in [0.25, 0.3) is 5.91 Å². The second-order valence-corrected chi connectivity index (χ2v) is 13.3. The molecule has 10 heteroatoms. The Morgan fingerprint density at radius 1 is 1.02 bits per heavy atom. The quantitative estimate of drug-likeness (QED) is 0.378. The first-order chi connectivity index (χ1) is 22.6. The summed E-state index contributed by atoms with van der Waals surface area (Å²) in [5.41, 5.74) is 1.78. The van der Waals surface area contributed by atoms with Crippen LogP contribution >= 0.6 is 0 Å². The number of fused-ring (bicyclic) bond motifs is 2. The molecule has 2 aromatic carbocycles. The largest absolute Gasteiger partial charge is 0.455 e. The lowest BCUT2D eigenvalue weighted by atomic mass is 9.74. The number of carbonyl (C=O) groups is 4. The van der Waals surface area contributed by atoms with Gasteiger partial charge in [-0.2, -0.15) is 0 Å². The van der Waals surface area contributed by atoms with E-state index < -0.39 is 53.6 Å². The summed E-state index contributed by atoms with van der Waals surface area (Å²) in [6.07, 6.45) is 6.32. The number of aryl methyl sites for hydroxylation is 2. The van der Waals surface area contributed by atoms with Crippen molar-refractivity contribution in [2.45, 2.75) is 70.4 Å². The highest BCUT2D eigenvalue weighted by Crippen LogP contribution is 2.56. The third-order valence-electron chi connectivity index (χ3n) is 9.96. The SMILES string of the molecule is Cc1ccc(C)c(N2C/C=C\CCC(=O)NC[C@H](c3ccccc3)OC(=O)[C@@H]3[C@H]4C(=O)N([C@@H](CO)C(C)C)[C@H](C2=O)[C@]42C=C[C@H]3O2)c1. The zero-order valence-electron chi connectivity index (χ0n) is 27.3. The molecule has 2 saturated heterocycles. The van der Waals surface area contributed by atoms with Gasteiger partial charge in [0.05, 0.1) is 31.2 Å². The summed E-state index contributed by atoms with van der Waals surface area (Å²) in [6, 6.07) is 13.2. The van der Waals surface area contributed by atoms with Gasteiger partial charge in [0.1, 0.15) is 23.7 Å². The van der Waals surface area contributed by atoms with E-state index in [-0.39, 0.29) is 43.8 Å². The van der Waals surface area contributed by atoms with E-state index in [2.05, 4.69) is 5.32 Å². The number of amides is 3. The van der Waals surface area contributed by atoms with Crippen LogP contribution in [-0.2, 0) is 28.7 Å². The molecular weight excluding hydrogens is 598 g/mol. The molecule has 0 aliphatic carbocycles. The van der Waals surface area contributed by atoms with Crippen LogP contribution in [0.4, 0.5) is 5.69 Å². The highest BCUT2D eigenvalue weighted by Gasteiger charge is 2.74. The lowest BCUT2D eigenvalue weighted by molar-refractivity contribution is -0.160. The summed E-state index contributed by atoms with van der Waals surface area (Å²) in [7, 11) is 0. The fourth-order valence-corrected chi connectivity index (χ4v) is 7.52. The Balaban J connectivity index is 1.48. The molecule has 1 spiro atoms. The van der Waals surface area contributed by atoms with Crippen molar-refractivity contribution in [2.24, 2.45) is 17.8 Å². The minimum Gasteiger partial charge on any atom is -0.455 e. The molecule has 0 radical (unpaired) electrons. The molecule has 0 aromatic heterocycles. The van der Waals surface area contributed by atoms with Crippen LogP contribution in [0.3, 0.4) is 0 Å². The first-order valence-electron chi connectivity index (χ1n) is 16.4. The number of aliphatic hydroxyl groups is 1. The summed E-state index contributed by atoms with van der Waals surface area (Å²) in [5, 5.41) is 13.5. The number of anilines is 1. The van der Waals surface area contributed by atoms with Gasteiger partial charge >= 0.3 is 5.97 Å². The van der Waals surface area contributed by atoms with Crippen molar-refractivity contribution in [3.8, 4) is 0 Å². The van der Waals surface area contributed by atoms with E-state index in [1.807, 2.05) is 88.4 Å². The van der Waals surface area contributed by atoms with Gasteiger partial charge in [-0.1, -0.05) is 80.6 Å². The van der Waals surface area contributed by atoms with Crippen molar-refractivity contribution in [3.63, 3.8) is 0 Å². The van der Waals surface area contributed by atoms with Gasteiger partial charge in [-0.15, -0.1) is 0 Å². The summed E-state index contributed by atoms with van der Waals surface area (Å²) in [4.78, 5) is 59.8. The molecule has 6 rings (SSSR count). The molecule has 4 aliphatic rings. The number of ether oxygens (including phenoxy) is 2. The molecule has 248 valence electrons. The molecule has 10 nitrogen and oxygen atoms in total. The first kappa shape index (κ1) is 32.7. The summed E-state index contributed by atoms with van der Waals surface area (Å²) >= 11 is 0. The van der Waals surface area contributed by atoms with Crippen molar-refractivity contribution < 1.29 is 33.8 Å². The molecule has 2 N–H and O–H groups in total. The highest BCUT2D eigenvalue weighted by atomic mass is 16.6. The van der Waals surface area contributed by atoms with Crippen molar-refractivity contribution in [1.29, 1.82) is 0 Å². The van der Waals surface area contributed by atoms with Gasteiger partial charge in [0, 0.05) is 18.7 Å². The Morgan fingerprint density at radius 2 is 1.79 bits per heavy atom. The number of allylic oxidation sites excluding steroid dienone is 1. The zero-order valence-corrected chi connectivity index (χ0v) is 27.3. The van der Waals surface area contributed by atoms with Crippen molar-refractivity contribution in [3.05, 3.63) is 89.5 Å². The van der Waals surface area contributed by atoms with E-state index in [4.69, 9.17) is 9.47 Å². The lowest BCUT2D eigenvalue weighted by Crippen LogP contribution is -2.59. The Bertz CT molecular complexity index is 1600. The van der Waals surface area contributed by atoms with Crippen LogP contribution in [0.25, 0.3) is 0 Å². The van der Waals surface area contributed by atoms with Gasteiger partial charge in [0.2, 0.25) is 11.8 Å². The van der Waals surface area contributed by atoms with Crippen LogP contribution in [-0.4, -0.2) is 77.2 Å². The van der Waals surface area contributed by atoms with E-state index in [1.54, 1.807) is 17.1 Å². The van der Waals surface area contributed by atoms with Crippen LogP contribution < -0.4 is 10.2 Å². The van der Waals surface area contributed by atoms with Gasteiger partial charge in [-0.3, -0.25) is 19.2 Å². The molecule has 4 aliphatic heterocycles. The van der Waals surface area contributed by atoms with Gasteiger partial charge in [-0.05, 0) is 48.9 Å². The molecule has 0 saturated carbocycles. The molecular formula is C37H43N3O7. The Labute approximate surface area is 275 Å². The van der Waals surface area contributed by atoms with E-state index in [0.717, 1.165) is 11.1 Å². The number of carbonyl (C=O) groups excluding carboxylic acids is 4. The van der Waals surface area contributed by atoms with E-state index >= 15 is 4.79 Å². The maximum atomic E-state index is 15.1. The fourth-order valence-electron chi connectivity index (χ4n) is 7.52. The third-order valence-corrected chi connectivity index (χ3v) is 9.96. The predicted molar refractivity (Wildman–Crippen MR) is 175 cm³/mol. The average molecular weight is 642 g/mol. The molecule has 4 heterocycles. The Hall–Kier alpha value is -4.28. The smallest absolute Gasteiger partial charge is 0.313 e. The van der Waals surface area contributed by atoms with Gasteiger partial charge < -0.3 is 29.7 Å². The van der Waals surface area contributed by atoms with Crippen LogP contribution in [0.1, 0.15) is 49.5 Å². The lowest BCUT2D eigenvalue weighted by Gasteiger charge is -2.40. The minimum absolute atomic E-state index is 0.0593. The molecule has 3 amide bonds. The second kappa shape index (κ2) is 13.1. The molecule has 2 fully saturated rings. The topological polar surface area (TPSA) is 125 Å². The van der Waals surface area contributed by atoms with E-state index in [0.29, 0.717) is 17.7 Å². The third kappa shape index (κ3) is 5.78. The van der Waals surface area contributed by atoms with Crippen molar-refractivity contribution >= 4 is 29.4 Å². The maximum Gasteiger partial charge on any atom is 0.313 e. The molecule has 2 aromatic rings. The van der Waals surface area contributed by atoms with E-state index in [9.17, 15) is 19.5 Å². The zero-order chi connectivity index (χ0) is 33.5. The molecule has 0 unspecified atom stereocenters. The second-order valence-electron chi connectivity index (χ2n) is 13.3. The van der Waals surface area contributed by atoms with Gasteiger partial charge in [-0.25, -0.2) is 0 Å². The standard InChI is InChI=1S/C37H43N3O7/c1-22(2)27(21-41)40-33-35(44)39(26-19-23(3)14-15-24(26)4)18-10-6-9-13-30(42)38-20-29(25-11-7-5-8-12-25)46-36(45)31-28-16-17-37(33,47-28)32(31)34(40)43/h5-8,10-12,14-17,19,22,27-29,31-33,41H,9,13,18,20-21H2,1-4H3,(H,38,42)/b10-6-/t27-,28+,29+,31-,32-,33+,37-/m0/s1. The number of aliphatic hydroxyl groups excluding tert-OH is 1. The normalized spacial score (nSPS) is 30.8. The summed E-state index contributed by atoms with van der Waals surface area (Å²) in [6.45, 7) is 7.54. The number of cyclic esters (lactones) is 1. The number of hydrogen-bond donors (Lipinski definition) is 2. The van der Waals surface area contributed by atoms with Crippen LogP contribution in [0.5, 0.6) is 0 Å². The number of nitrogens with one attached hydrogen (secondary N) is 1. The number of benzene rings is 2. The molecule has 5 bridgehead atoms. The van der Waals surface area contributed by atoms with Crippen LogP contribution in [0.15, 0.2) is 72.8 Å². The fraction of sp³-hybridized carbons (Fsp3) is 0.459. The minimum atomic E-state index is -1.44. The number of likely N-dealkylation sites (tertiary alicyclic amines) is 1. The Morgan fingerprint density at radius 3 is 2.51 bits per heavy atom. The highest BCUT2D eigenvalue weighted by molar-refractivity contribution is 6.05. The summed E-state index contributed by atoms with van der Waals surface area (Å²) in [5.74, 6) is -3.89. The van der Waals surface area contributed by atoms with Crippen LogP contribution in [0.2, 0.25) is 0 Å².